The maximum absolute atomic E-state index is 11.8. The second-order valence-corrected chi connectivity index (χ2v) is 6.76. The highest BCUT2D eigenvalue weighted by molar-refractivity contribution is 5.71. The third kappa shape index (κ3) is 6.50. The number of hydrogen-bond acceptors (Lipinski definition) is 5. The van der Waals surface area contributed by atoms with Crippen LogP contribution in [0.25, 0.3) is 0 Å². The Balaban J connectivity index is 1.90. The molecule has 138 valence electrons. The average Bonchev–Trinajstić information content (AvgIpc) is 2.66. The molecule has 0 bridgehead atoms. The number of ether oxygens (including phenoxy) is 2. The molecular weight excluding hydrogens is 318 g/mol. The fraction of sp³-hybridized carbons (Fsp3) is 0.600. The highest BCUT2D eigenvalue weighted by atomic mass is 16.5. The molecule has 0 atom stereocenters. The molecule has 0 spiro atoms. The van der Waals surface area contributed by atoms with E-state index in [4.69, 9.17) is 9.47 Å². The molecule has 0 radical (unpaired) electrons. The summed E-state index contributed by atoms with van der Waals surface area (Å²) in [5, 5.41) is 0. The molecule has 1 aromatic rings. The Morgan fingerprint density at radius 3 is 2.24 bits per heavy atom. The number of rotatable bonds is 8. The fourth-order valence-electron chi connectivity index (χ4n) is 3.59. The van der Waals surface area contributed by atoms with Gasteiger partial charge in [-0.25, -0.2) is 0 Å². The van der Waals surface area contributed by atoms with E-state index in [1.165, 1.54) is 19.8 Å². The van der Waals surface area contributed by atoms with Crippen molar-refractivity contribution < 1.29 is 19.1 Å². The first kappa shape index (κ1) is 19.4. The largest absolute Gasteiger partial charge is 0.469 e. The quantitative estimate of drug-likeness (QED) is 0.676. The molecule has 0 heterocycles. The van der Waals surface area contributed by atoms with Crippen molar-refractivity contribution >= 4 is 11.9 Å². The minimum absolute atomic E-state index is 0.126. The normalized spacial score (nSPS) is 20.3. The van der Waals surface area contributed by atoms with Crippen molar-refractivity contribution in [3.63, 3.8) is 0 Å². The number of esters is 2. The summed E-state index contributed by atoms with van der Waals surface area (Å²) in [4.78, 5) is 25.4. The van der Waals surface area contributed by atoms with Crippen molar-refractivity contribution in [3.8, 4) is 0 Å². The summed E-state index contributed by atoms with van der Waals surface area (Å²) in [6, 6.07) is 10.6. The summed E-state index contributed by atoms with van der Waals surface area (Å²) in [6.45, 7) is 1.08. The topological polar surface area (TPSA) is 55.8 Å². The van der Waals surface area contributed by atoms with Gasteiger partial charge in [0.05, 0.1) is 20.8 Å². The Labute approximate surface area is 150 Å². The van der Waals surface area contributed by atoms with Gasteiger partial charge in [0, 0.05) is 19.0 Å². The number of carbonyl (C=O) groups excluding carboxylic acids is 2. The SMILES string of the molecule is COC(=O)CC[C@H]1CC[C@H](N(CC(=O)OC)Cc2ccccc2)CC1. The molecule has 0 aromatic heterocycles. The molecule has 0 unspecified atom stereocenters. The Bertz CT molecular complexity index is 538. The minimum Gasteiger partial charge on any atom is -0.469 e. The predicted octanol–water partition coefficient (Wildman–Crippen LogP) is 3.17. The number of hydrogen-bond donors (Lipinski definition) is 0. The van der Waals surface area contributed by atoms with Gasteiger partial charge in [-0.1, -0.05) is 30.3 Å². The molecule has 0 N–H and O–H groups in total. The Morgan fingerprint density at radius 2 is 1.64 bits per heavy atom. The van der Waals surface area contributed by atoms with Crippen LogP contribution in [0.3, 0.4) is 0 Å². The number of carbonyl (C=O) groups is 2. The maximum atomic E-state index is 11.8. The molecule has 0 amide bonds. The first-order valence-corrected chi connectivity index (χ1v) is 9.04. The molecule has 5 heteroatoms. The van der Waals surface area contributed by atoms with Crippen LogP contribution in [0.2, 0.25) is 0 Å². The van der Waals surface area contributed by atoms with Crippen molar-refractivity contribution in [2.24, 2.45) is 5.92 Å². The Hall–Kier alpha value is -1.88. The highest BCUT2D eigenvalue weighted by Gasteiger charge is 2.27. The van der Waals surface area contributed by atoms with E-state index < -0.39 is 0 Å². The zero-order valence-corrected chi connectivity index (χ0v) is 15.3. The smallest absolute Gasteiger partial charge is 0.319 e. The van der Waals surface area contributed by atoms with Gasteiger partial charge in [-0.05, 0) is 43.6 Å². The van der Waals surface area contributed by atoms with Crippen LogP contribution in [0.15, 0.2) is 30.3 Å². The molecule has 0 aliphatic heterocycles. The van der Waals surface area contributed by atoms with E-state index in [1.807, 2.05) is 18.2 Å². The first-order chi connectivity index (χ1) is 12.1. The Morgan fingerprint density at radius 1 is 1.00 bits per heavy atom. The third-order valence-corrected chi connectivity index (χ3v) is 5.11. The molecule has 1 saturated carbocycles. The molecule has 1 aromatic carbocycles. The second-order valence-electron chi connectivity index (χ2n) is 6.76. The lowest BCUT2D eigenvalue weighted by Crippen LogP contribution is -2.41. The first-order valence-electron chi connectivity index (χ1n) is 9.04. The van der Waals surface area contributed by atoms with E-state index >= 15 is 0 Å². The molecule has 0 saturated heterocycles. The van der Waals surface area contributed by atoms with Gasteiger partial charge in [0.15, 0.2) is 0 Å². The van der Waals surface area contributed by atoms with Crippen molar-refractivity contribution in [1.82, 2.24) is 4.90 Å². The summed E-state index contributed by atoms with van der Waals surface area (Å²) in [7, 11) is 2.88. The number of nitrogens with zero attached hydrogens (tertiary/aromatic N) is 1. The molecule has 2 rings (SSSR count). The molecule has 5 nitrogen and oxygen atoms in total. The third-order valence-electron chi connectivity index (χ3n) is 5.11. The van der Waals surface area contributed by atoms with E-state index in [2.05, 4.69) is 17.0 Å². The summed E-state index contributed by atoms with van der Waals surface area (Å²) < 4.78 is 9.60. The monoisotopic (exact) mass is 347 g/mol. The molecule has 25 heavy (non-hydrogen) atoms. The van der Waals surface area contributed by atoms with Crippen molar-refractivity contribution in [1.29, 1.82) is 0 Å². The van der Waals surface area contributed by atoms with Gasteiger partial charge in [-0.15, -0.1) is 0 Å². The lowest BCUT2D eigenvalue weighted by molar-refractivity contribution is -0.143. The van der Waals surface area contributed by atoms with Crippen LogP contribution in [-0.4, -0.2) is 43.6 Å². The van der Waals surface area contributed by atoms with Gasteiger partial charge in [-0.2, -0.15) is 0 Å². The van der Waals surface area contributed by atoms with E-state index in [0.29, 0.717) is 24.9 Å². The number of methoxy groups -OCH3 is 2. The Kier molecular flexibility index (Phi) is 7.92. The lowest BCUT2D eigenvalue weighted by Gasteiger charge is -2.36. The zero-order valence-electron chi connectivity index (χ0n) is 15.3. The lowest BCUT2D eigenvalue weighted by atomic mass is 9.82. The van der Waals surface area contributed by atoms with Gasteiger partial charge in [0.1, 0.15) is 0 Å². The van der Waals surface area contributed by atoms with Crippen molar-refractivity contribution in [2.45, 2.75) is 51.1 Å². The standard InChI is InChI=1S/C20H29NO4/c1-24-19(22)13-10-16-8-11-18(12-9-16)21(15-20(23)25-2)14-17-6-4-3-5-7-17/h3-7,16,18H,8-15H2,1-2H3/t16-,18-. The van der Waals surface area contributed by atoms with E-state index in [-0.39, 0.29) is 11.9 Å². The van der Waals surface area contributed by atoms with Crippen LogP contribution in [-0.2, 0) is 25.6 Å². The van der Waals surface area contributed by atoms with Crippen LogP contribution in [0.1, 0.15) is 44.1 Å². The van der Waals surface area contributed by atoms with E-state index in [1.54, 1.807) is 0 Å². The van der Waals surface area contributed by atoms with Gasteiger partial charge < -0.3 is 9.47 Å². The van der Waals surface area contributed by atoms with Gasteiger partial charge in [-0.3, -0.25) is 14.5 Å². The van der Waals surface area contributed by atoms with E-state index in [0.717, 1.165) is 38.6 Å². The predicted molar refractivity (Wildman–Crippen MR) is 95.9 cm³/mol. The van der Waals surface area contributed by atoms with Crippen LogP contribution in [0, 0.1) is 5.92 Å². The fourth-order valence-corrected chi connectivity index (χ4v) is 3.59. The van der Waals surface area contributed by atoms with Crippen molar-refractivity contribution in [2.75, 3.05) is 20.8 Å². The summed E-state index contributed by atoms with van der Waals surface area (Å²) in [5.41, 5.74) is 1.21. The van der Waals surface area contributed by atoms with Crippen LogP contribution >= 0.6 is 0 Å². The van der Waals surface area contributed by atoms with Gasteiger partial charge in [0.25, 0.3) is 0 Å². The summed E-state index contributed by atoms with van der Waals surface area (Å²) >= 11 is 0. The maximum Gasteiger partial charge on any atom is 0.319 e. The molecular formula is C20H29NO4. The van der Waals surface area contributed by atoms with Gasteiger partial charge >= 0.3 is 11.9 Å². The van der Waals surface area contributed by atoms with Crippen LogP contribution in [0.5, 0.6) is 0 Å². The molecule has 1 aliphatic rings. The highest BCUT2D eigenvalue weighted by Crippen LogP contribution is 2.31. The summed E-state index contributed by atoms with van der Waals surface area (Å²) in [6.07, 6.45) is 5.68. The molecule has 1 fully saturated rings. The minimum atomic E-state index is -0.191. The second kappa shape index (κ2) is 10.2. The summed E-state index contributed by atoms with van der Waals surface area (Å²) in [5.74, 6) is 0.259. The van der Waals surface area contributed by atoms with Crippen LogP contribution < -0.4 is 0 Å². The van der Waals surface area contributed by atoms with Crippen molar-refractivity contribution in [3.05, 3.63) is 35.9 Å². The number of benzene rings is 1. The van der Waals surface area contributed by atoms with Crippen LogP contribution in [0.4, 0.5) is 0 Å². The van der Waals surface area contributed by atoms with Gasteiger partial charge in [0.2, 0.25) is 0 Å². The zero-order chi connectivity index (χ0) is 18.1. The average molecular weight is 347 g/mol. The van der Waals surface area contributed by atoms with E-state index in [9.17, 15) is 9.59 Å². The molecule has 1 aliphatic carbocycles.